The van der Waals surface area contributed by atoms with Gasteiger partial charge in [-0.25, -0.2) is 0 Å². The third kappa shape index (κ3) is 9.06. The van der Waals surface area contributed by atoms with Gasteiger partial charge >= 0.3 is 0 Å². The maximum atomic E-state index is 13.7. The van der Waals surface area contributed by atoms with Gasteiger partial charge < -0.3 is 36.0 Å². The number of amides is 5. The van der Waals surface area contributed by atoms with E-state index in [0.29, 0.717) is 17.7 Å². The number of carbonyl (C=O) groups is 5. The van der Waals surface area contributed by atoms with E-state index in [1.165, 1.54) is 4.90 Å². The molecule has 1 saturated heterocycles. The Kier molecular flexibility index (Phi) is 11.8. The smallest absolute Gasteiger partial charge is 0.251 e. The average molecular weight is 636 g/mol. The molecule has 5 rings (SSSR count). The summed E-state index contributed by atoms with van der Waals surface area (Å²) in [4.78, 5) is 68.3. The van der Waals surface area contributed by atoms with Crippen LogP contribution in [0.2, 0.25) is 0 Å². The number of nitrogens with zero attached hydrogens (tertiary/aromatic N) is 1. The number of carbonyl (C=O) groups excluding carboxylic acids is 5. The highest BCUT2D eigenvalue weighted by Crippen LogP contribution is 2.21. The summed E-state index contributed by atoms with van der Waals surface area (Å²) < 4.78 is 6.02. The summed E-state index contributed by atoms with van der Waals surface area (Å²) in [6.45, 7) is 7.44. The monoisotopic (exact) mass is 635 g/mol. The summed E-state index contributed by atoms with van der Waals surface area (Å²) in [6.07, 6.45) is 0.00938. The number of hydrogen-bond acceptors (Lipinski definition) is 7. The molecule has 0 aromatic heterocycles. The zero-order valence-electron chi connectivity index (χ0n) is 26.8. The molecule has 248 valence electrons. The Bertz CT molecular complexity index is 1380. The maximum absolute atomic E-state index is 13.7. The van der Waals surface area contributed by atoms with Gasteiger partial charge in [0.15, 0.2) is 0 Å². The Balaban J connectivity index is 1.65. The first kappa shape index (κ1) is 34.4. The molecule has 2 bridgehead atoms. The minimum absolute atomic E-state index is 0.00847. The van der Waals surface area contributed by atoms with Gasteiger partial charge in [-0.05, 0) is 55.5 Å². The second-order valence-corrected chi connectivity index (χ2v) is 12.5. The Morgan fingerprint density at radius 1 is 0.978 bits per heavy atom. The highest BCUT2D eigenvalue weighted by Gasteiger charge is 2.42. The van der Waals surface area contributed by atoms with Crippen molar-refractivity contribution in [3.63, 3.8) is 0 Å². The van der Waals surface area contributed by atoms with Crippen LogP contribution in [0.4, 0.5) is 0 Å². The van der Waals surface area contributed by atoms with E-state index in [2.05, 4.69) is 21.3 Å². The molecule has 0 aliphatic carbocycles. The van der Waals surface area contributed by atoms with E-state index in [9.17, 15) is 29.1 Å². The lowest BCUT2D eigenvalue weighted by Crippen LogP contribution is -2.58. The quantitative estimate of drug-likeness (QED) is 0.309. The van der Waals surface area contributed by atoms with Crippen LogP contribution in [0.1, 0.15) is 62.9 Å². The molecule has 3 aliphatic rings. The van der Waals surface area contributed by atoms with Crippen LogP contribution in [0.15, 0.2) is 54.6 Å². The van der Waals surface area contributed by atoms with Crippen LogP contribution in [-0.2, 0) is 25.6 Å². The molecule has 3 heterocycles. The van der Waals surface area contributed by atoms with Crippen LogP contribution < -0.4 is 26.0 Å². The third-order valence-corrected chi connectivity index (χ3v) is 8.21. The van der Waals surface area contributed by atoms with Crippen molar-refractivity contribution in [3.05, 3.63) is 65.7 Å². The fourth-order valence-corrected chi connectivity index (χ4v) is 5.75. The minimum Gasteiger partial charge on any atom is -0.491 e. The van der Waals surface area contributed by atoms with Crippen molar-refractivity contribution in [2.75, 3.05) is 13.2 Å². The van der Waals surface area contributed by atoms with E-state index < -0.39 is 59.8 Å². The molecule has 6 atom stereocenters. The standard InChI is InChI=1S/C34H45N5O7/c1-5-27-34(45)39-18-25(40)17-29(39)33(44)35-21(4)30(41)36-24(15-20(2)3)19-46-26-13-11-22(12-14-26)16-28(32(43)37-27)38-31(42)23-9-7-6-8-10-23/h6-14,20-21,24-25,27-29,40H,5,15-19H2,1-4H3,(H,35,44)(H,36,41)(H,37,43)(H,38,42)/t21-,24+,25-,27+,28+,29+/m1/s1. The van der Waals surface area contributed by atoms with E-state index in [4.69, 9.17) is 4.74 Å². The van der Waals surface area contributed by atoms with E-state index in [-0.39, 0.29) is 44.4 Å². The molecular weight excluding hydrogens is 590 g/mol. The molecular formula is C34H45N5O7. The molecule has 0 unspecified atom stereocenters. The molecule has 12 nitrogen and oxygen atoms in total. The topological polar surface area (TPSA) is 166 Å². The van der Waals surface area contributed by atoms with Gasteiger partial charge in [0.1, 0.15) is 36.5 Å². The fraction of sp³-hybridized carbons (Fsp3) is 0.500. The van der Waals surface area contributed by atoms with E-state index in [1.807, 2.05) is 13.8 Å². The number of fused-ring (bicyclic) bond motifs is 14. The highest BCUT2D eigenvalue weighted by molar-refractivity contribution is 5.99. The molecule has 1 fully saturated rings. The summed E-state index contributed by atoms with van der Waals surface area (Å²) >= 11 is 0. The number of aliphatic hydroxyl groups is 1. The number of hydrogen-bond donors (Lipinski definition) is 5. The van der Waals surface area contributed by atoms with Crippen LogP contribution in [-0.4, -0.2) is 89.0 Å². The van der Waals surface area contributed by atoms with Crippen molar-refractivity contribution < 1.29 is 33.8 Å². The van der Waals surface area contributed by atoms with Crippen LogP contribution in [0.25, 0.3) is 0 Å². The van der Waals surface area contributed by atoms with Crippen molar-refractivity contribution >= 4 is 29.5 Å². The molecule has 0 radical (unpaired) electrons. The van der Waals surface area contributed by atoms with Crippen molar-refractivity contribution in [2.45, 2.75) is 89.7 Å². The second-order valence-electron chi connectivity index (χ2n) is 12.5. The van der Waals surface area contributed by atoms with E-state index >= 15 is 0 Å². The molecule has 46 heavy (non-hydrogen) atoms. The fourth-order valence-electron chi connectivity index (χ4n) is 5.75. The first-order chi connectivity index (χ1) is 21.9. The summed E-state index contributed by atoms with van der Waals surface area (Å²) in [5, 5.41) is 21.7. The SMILES string of the molecule is CC[C@@H]1NC(=O)[C@@H](NC(=O)c2ccccc2)Cc2ccc(cc2)OC[C@H](CC(C)C)NC(=O)[C@@H](C)NC(=O)[C@@H]2C[C@@H](O)CN2C1=O. The summed E-state index contributed by atoms with van der Waals surface area (Å²) in [7, 11) is 0. The molecule has 3 aliphatic heterocycles. The van der Waals surface area contributed by atoms with Gasteiger partial charge in [0.25, 0.3) is 5.91 Å². The van der Waals surface area contributed by atoms with Crippen LogP contribution in [0.5, 0.6) is 5.75 Å². The summed E-state index contributed by atoms with van der Waals surface area (Å²) in [5.74, 6) is -1.70. The lowest BCUT2D eigenvalue weighted by molar-refractivity contribution is -0.142. The second kappa shape index (κ2) is 15.7. The van der Waals surface area contributed by atoms with Crippen molar-refractivity contribution in [3.8, 4) is 5.75 Å². The largest absolute Gasteiger partial charge is 0.491 e. The zero-order valence-corrected chi connectivity index (χ0v) is 26.8. The van der Waals surface area contributed by atoms with Gasteiger partial charge in [0, 0.05) is 24.9 Å². The maximum Gasteiger partial charge on any atom is 0.251 e. The molecule has 0 spiro atoms. The van der Waals surface area contributed by atoms with E-state index in [1.54, 1.807) is 68.4 Å². The number of rotatable bonds is 5. The molecule has 5 N–H and O–H groups in total. The average Bonchev–Trinajstić information content (AvgIpc) is 3.43. The predicted octanol–water partition coefficient (Wildman–Crippen LogP) is 1.31. The molecule has 2 aromatic rings. The predicted molar refractivity (Wildman–Crippen MR) is 171 cm³/mol. The highest BCUT2D eigenvalue weighted by atomic mass is 16.5. The zero-order chi connectivity index (χ0) is 33.4. The molecule has 5 amide bonds. The van der Waals surface area contributed by atoms with Gasteiger partial charge in [0.2, 0.25) is 23.6 Å². The van der Waals surface area contributed by atoms with Gasteiger partial charge in [-0.1, -0.05) is 51.1 Å². The normalized spacial score (nSPS) is 26.4. The Morgan fingerprint density at radius 3 is 2.33 bits per heavy atom. The van der Waals surface area contributed by atoms with Crippen molar-refractivity contribution in [1.29, 1.82) is 0 Å². The van der Waals surface area contributed by atoms with Crippen LogP contribution in [0.3, 0.4) is 0 Å². The lowest BCUT2D eigenvalue weighted by atomic mass is 10.0. The van der Waals surface area contributed by atoms with Crippen LogP contribution >= 0.6 is 0 Å². The number of aliphatic hydroxyl groups excluding tert-OH is 1. The number of benzene rings is 2. The molecule has 0 saturated carbocycles. The molecule has 2 aromatic carbocycles. The summed E-state index contributed by atoms with van der Waals surface area (Å²) in [5.41, 5.74) is 1.13. The Morgan fingerprint density at radius 2 is 1.67 bits per heavy atom. The first-order valence-corrected chi connectivity index (χ1v) is 15.9. The van der Waals surface area contributed by atoms with Gasteiger partial charge in [0.05, 0.1) is 12.1 Å². The number of nitrogens with one attached hydrogen (secondary N) is 4. The van der Waals surface area contributed by atoms with Gasteiger partial charge in [-0.15, -0.1) is 0 Å². The van der Waals surface area contributed by atoms with Gasteiger partial charge in [-0.2, -0.15) is 0 Å². The number of ether oxygens (including phenoxy) is 1. The lowest BCUT2D eigenvalue weighted by Gasteiger charge is -2.30. The van der Waals surface area contributed by atoms with Crippen molar-refractivity contribution in [2.24, 2.45) is 5.92 Å². The third-order valence-electron chi connectivity index (χ3n) is 8.21. The minimum atomic E-state index is -1.03. The first-order valence-electron chi connectivity index (χ1n) is 15.9. The van der Waals surface area contributed by atoms with E-state index in [0.717, 1.165) is 5.56 Å². The van der Waals surface area contributed by atoms with Crippen molar-refractivity contribution in [1.82, 2.24) is 26.2 Å². The molecule has 12 heteroatoms. The summed E-state index contributed by atoms with van der Waals surface area (Å²) in [6, 6.07) is 11.3. The van der Waals surface area contributed by atoms with Crippen LogP contribution in [0, 0.1) is 5.92 Å². The Labute approximate surface area is 269 Å². The van der Waals surface area contributed by atoms with Gasteiger partial charge in [-0.3, -0.25) is 24.0 Å². The Hall–Kier alpha value is -4.45.